The Kier molecular flexibility index (Phi) is 4.13. The van der Waals surface area contributed by atoms with E-state index in [2.05, 4.69) is 11.2 Å². The van der Waals surface area contributed by atoms with Gasteiger partial charge in [-0.1, -0.05) is 30.0 Å². The van der Waals surface area contributed by atoms with Gasteiger partial charge in [0.15, 0.2) is 0 Å². The molecule has 1 aromatic carbocycles. The summed E-state index contributed by atoms with van der Waals surface area (Å²) in [6.07, 6.45) is 6.05. The molecule has 2 nitrogen and oxygen atoms in total. The van der Waals surface area contributed by atoms with Gasteiger partial charge in [-0.15, -0.1) is 6.42 Å². The number of hydrogen-bond donors (Lipinski definition) is 1. The van der Waals surface area contributed by atoms with E-state index in [1.54, 1.807) is 0 Å². The molecule has 0 aliphatic rings. The lowest BCUT2D eigenvalue weighted by Gasteiger charge is -2.11. The van der Waals surface area contributed by atoms with Crippen molar-refractivity contribution in [1.29, 1.82) is 0 Å². The quantitative estimate of drug-likeness (QED) is 0.771. The molecule has 2 heteroatoms. The van der Waals surface area contributed by atoms with Crippen molar-refractivity contribution < 1.29 is 4.79 Å². The summed E-state index contributed by atoms with van der Waals surface area (Å²) in [5.41, 5.74) is 2.84. The minimum absolute atomic E-state index is 0.100. The van der Waals surface area contributed by atoms with Crippen molar-refractivity contribution in [3.8, 4) is 12.3 Å². The van der Waals surface area contributed by atoms with E-state index in [-0.39, 0.29) is 11.9 Å². The van der Waals surface area contributed by atoms with Crippen LogP contribution in [0.15, 0.2) is 18.2 Å². The zero-order chi connectivity index (χ0) is 12.1. The van der Waals surface area contributed by atoms with E-state index >= 15 is 0 Å². The molecule has 0 aliphatic heterocycles. The number of carbonyl (C=O) groups excluding carboxylic acids is 1. The third-order valence-electron chi connectivity index (χ3n) is 2.40. The fraction of sp³-hybridized carbons (Fsp3) is 0.357. The zero-order valence-corrected chi connectivity index (χ0v) is 10.0. The van der Waals surface area contributed by atoms with Gasteiger partial charge in [0.2, 0.25) is 0 Å². The van der Waals surface area contributed by atoms with Gasteiger partial charge in [-0.3, -0.25) is 4.79 Å². The van der Waals surface area contributed by atoms with Crippen LogP contribution >= 0.6 is 0 Å². The van der Waals surface area contributed by atoms with Gasteiger partial charge in [0.05, 0.1) is 6.04 Å². The molecular formula is C14H17NO. The highest BCUT2D eigenvalue weighted by Crippen LogP contribution is 2.09. The minimum atomic E-state index is -0.187. The van der Waals surface area contributed by atoms with Gasteiger partial charge in [0.1, 0.15) is 0 Å². The van der Waals surface area contributed by atoms with E-state index in [1.165, 1.54) is 0 Å². The molecule has 0 spiro atoms. The molecule has 0 aromatic heterocycles. The summed E-state index contributed by atoms with van der Waals surface area (Å²) >= 11 is 0. The first kappa shape index (κ1) is 12.3. The van der Waals surface area contributed by atoms with Crippen molar-refractivity contribution in [3.05, 3.63) is 34.9 Å². The Morgan fingerprint density at radius 1 is 1.38 bits per heavy atom. The SMILES string of the molecule is C#CC(CC)NC(=O)c1cc(C)cc(C)c1. The Balaban J connectivity index is 2.85. The number of benzene rings is 1. The molecule has 84 valence electrons. The number of terminal acetylenes is 1. The number of carbonyl (C=O) groups is 1. The molecule has 16 heavy (non-hydrogen) atoms. The Labute approximate surface area is 97.1 Å². The van der Waals surface area contributed by atoms with Crippen molar-refractivity contribution in [1.82, 2.24) is 5.32 Å². The van der Waals surface area contributed by atoms with Gasteiger partial charge in [0.25, 0.3) is 5.91 Å². The number of hydrogen-bond acceptors (Lipinski definition) is 1. The predicted molar refractivity (Wildman–Crippen MR) is 66.3 cm³/mol. The van der Waals surface area contributed by atoms with E-state index < -0.39 is 0 Å². The standard InChI is InChI=1S/C14H17NO/c1-5-13(6-2)15-14(16)12-8-10(3)7-11(4)9-12/h1,7-9,13H,6H2,2-4H3,(H,15,16). The van der Waals surface area contributed by atoms with E-state index in [0.29, 0.717) is 5.56 Å². The third-order valence-corrected chi connectivity index (χ3v) is 2.40. The van der Waals surface area contributed by atoms with Crippen LogP contribution in [-0.4, -0.2) is 11.9 Å². The summed E-state index contributed by atoms with van der Waals surface area (Å²) in [7, 11) is 0. The minimum Gasteiger partial charge on any atom is -0.338 e. The molecule has 1 aromatic rings. The predicted octanol–water partition coefficient (Wildman–Crippen LogP) is 2.45. The van der Waals surface area contributed by atoms with E-state index in [1.807, 2.05) is 39.0 Å². The Hall–Kier alpha value is -1.75. The van der Waals surface area contributed by atoms with Gasteiger partial charge in [-0.25, -0.2) is 0 Å². The summed E-state index contributed by atoms with van der Waals surface area (Å²) < 4.78 is 0. The first-order valence-corrected chi connectivity index (χ1v) is 5.42. The fourth-order valence-electron chi connectivity index (χ4n) is 1.61. The summed E-state index contributed by atoms with van der Waals surface area (Å²) in [6, 6.07) is 5.58. The van der Waals surface area contributed by atoms with Gasteiger partial charge < -0.3 is 5.32 Å². The van der Waals surface area contributed by atoms with Gasteiger partial charge >= 0.3 is 0 Å². The average molecular weight is 215 g/mol. The molecule has 0 radical (unpaired) electrons. The lowest BCUT2D eigenvalue weighted by Crippen LogP contribution is -2.33. The molecule has 0 saturated carbocycles. The van der Waals surface area contributed by atoms with Crippen LogP contribution in [0.1, 0.15) is 34.8 Å². The largest absolute Gasteiger partial charge is 0.338 e. The summed E-state index contributed by atoms with van der Waals surface area (Å²) in [5.74, 6) is 2.45. The van der Waals surface area contributed by atoms with Crippen LogP contribution in [0.2, 0.25) is 0 Å². The number of amides is 1. The van der Waals surface area contributed by atoms with Crippen LogP contribution in [0.5, 0.6) is 0 Å². The second kappa shape index (κ2) is 5.37. The molecule has 1 unspecified atom stereocenters. The fourth-order valence-corrected chi connectivity index (χ4v) is 1.61. The van der Waals surface area contributed by atoms with Crippen molar-refractivity contribution in [2.24, 2.45) is 0 Å². The van der Waals surface area contributed by atoms with E-state index in [9.17, 15) is 4.79 Å². The lowest BCUT2D eigenvalue weighted by molar-refractivity contribution is 0.0945. The van der Waals surface area contributed by atoms with Crippen molar-refractivity contribution in [2.45, 2.75) is 33.2 Å². The smallest absolute Gasteiger partial charge is 0.252 e. The molecule has 0 bridgehead atoms. The summed E-state index contributed by atoms with van der Waals surface area (Å²) in [4.78, 5) is 11.9. The number of nitrogens with one attached hydrogen (secondary N) is 1. The van der Waals surface area contributed by atoms with Crippen molar-refractivity contribution >= 4 is 5.91 Å². The second-order valence-corrected chi connectivity index (χ2v) is 3.98. The molecule has 0 aliphatic carbocycles. The van der Waals surface area contributed by atoms with E-state index in [0.717, 1.165) is 17.5 Å². The Morgan fingerprint density at radius 3 is 2.38 bits per heavy atom. The normalized spacial score (nSPS) is 11.6. The molecule has 1 atom stereocenters. The van der Waals surface area contributed by atoms with Crippen molar-refractivity contribution in [3.63, 3.8) is 0 Å². The van der Waals surface area contributed by atoms with Gasteiger partial charge in [-0.05, 0) is 32.4 Å². The van der Waals surface area contributed by atoms with Crippen LogP contribution in [0, 0.1) is 26.2 Å². The first-order valence-electron chi connectivity index (χ1n) is 5.42. The van der Waals surface area contributed by atoms with Crippen LogP contribution in [0.25, 0.3) is 0 Å². The highest BCUT2D eigenvalue weighted by molar-refractivity contribution is 5.95. The average Bonchev–Trinajstić information content (AvgIpc) is 2.24. The van der Waals surface area contributed by atoms with Crippen molar-refractivity contribution in [2.75, 3.05) is 0 Å². The highest BCUT2D eigenvalue weighted by atomic mass is 16.1. The maximum Gasteiger partial charge on any atom is 0.252 e. The number of rotatable bonds is 3. The summed E-state index contributed by atoms with van der Waals surface area (Å²) in [5, 5.41) is 2.81. The lowest BCUT2D eigenvalue weighted by atomic mass is 10.1. The molecular weight excluding hydrogens is 198 g/mol. The molecule has 1 N–H and O–H groups in total. The molecule has 1 amide bonds. The van der Waals surface area contributed by atoms with Gasteiger partial charge in [-0.2, -0.15) is 0 Å². The maximum atomic E-state index is 11.9. The monoisotopic (exact) mass is 215 g/mol. The summed E-state index contributed by atoms with van der Waals surface area (Å²) in [6.45, 7) is 5.90. The molecule has 0 fully saturated rings. The van der Waals surface area contributed by atoms with Gasteiger partial charge in [0, 0.05) is 5.56 Å². The number of aryl methyl sites for hydroxylation is 2. The molecule has 0 heterocycles. The van der Waals surface area contributed by atoms with Crippen LogP contribution < -0.4 is 5.32 Å². The van der Waals surface area contributed by atoms with Crippen LogP contribution in [-0.2, 0) is 0 Å². The maximum absolute atomic E-state index is 11.9. The Morgan fingerprint density at radius 2 is 1.94 bits per heavy atom. The highest BCUT2D eigenvalue weighted by Gasteiger charge is 2.10. The van der Waals surface area contributed by atoms with Crippen LogP contribution in [0.3, 0.4) is 0 Å². The Bertz CT molecular complexity index is 409. The molecule has 0 saturated heterocycles. The third kappa shape index (κ3) is 3.13. The molecule has 1 rings (SSSR count). The first-order chi connectivity index (χ1) is 7.56. The second-order valence-electron chi connectivity index (χ2n) is 3.98. The van der Waals surface area contributed by atoms with Crippen LogP contribution in [0.4, 0.5) is 0 Å². The zero-order valence-electron chi connectivity index (χ0n) is 10.0. The topological polar surface area (TPSA) is 29.1 Å². The van der Waals surface area contributed by atoms with E-state index in [4.69, 9.17) is 6.42 Å².